The fraction of sp³-hybridized carbons (Fsp3) is 0.0400. The van der Waals surface area contributed by atoms with Crippen molar-refractivity contribution in [3.05, 3.63) is 106 Å². The van der Waals surface area contributed by atoms with Crippen molar-refractivity contribution in [2.45, 2.75) is 6.92 Å². The number of urea groups is 1. The molecule has 5 rings (SSSR count). The number of anilines is 2. The van der Waals surface area contributed by atoms with E-state index < -0.39 is 11.9 Å². The Morgan fingerprint density at radius 1 is 0.892 bits per heavy atom. The quantitative estimate of drug-likeness (QED) is 0.125. The maximum absolute atomic E-state index is 12.0. The van der Waals surface area contributed by atoms with Gasteiger partial charge in [-0.15, -0.1) is 0 Å². The average Bonchev–Trinajstić information content (AvgIpc) is 2.88. The van der Waals surface area contributed by atoms with Gasteiger partial charge in [0.05, 0.1) is 11.0 Å². The number of carbonyl (C=O) groups is 2. The first-order valence-corrected chi connectivity index (χ1v) is 11.2. The van der Waals surface area contributed by atoms with Gasteiger partial charge in [-0.25, -0.2) is 14.8 Å². The molecule has 0 saturated carbocycles. The van der Waals surface area contributed by atoms with Crippen LogP contribution in [-0.4, -0.2) is 31.9 Å². The number of rotatable bonds is 3. The molecule has 3 heterocycles. The molecule has 0 bridgehead atoms. The van der Waals surface area contributed by atoms with Gasteiger partial charge in [-0.3, -0.25) is 20.1 Å². The van der Waals surface area contributed by atoms with Crippen molar-refractivity contribution < 1.29 is 9.59 Å². The smallest absolute Gasteiger partial charge is 0.308 e. The number of nitrogens with one attached hydrogen (secondary N) is 2. The lowest BCUT2D eigenvalue weighted by molar-refractivity contribution is 0.100. The minimum Gasteiger partial charge on any atom is -0.308 e. The summed E-state index contributed by atoms with van der Waals surface area (Å²) in [5, 5.41) is 10.4. The molecule has 3 aromatic heterocycles. The minimum absolute atomic E-state index is 0.157. The van der Waals surface area contributed by atoms with E-state index in [-0.39, 0.29) is 11.1 Å². The highest BCUT2D eigenvalue weighted by Gasteiger charge is 2.07. The Balaban J connectivity index is 0.000000186. The van der Waals surface area contributed by atoms with E-state index >= 15 is 0 Å². The number of carbonyl (C=O) groups excluding carboxylic acids is 2. The van der Waals surface area contributed by atoms with Crippen molar-refractivity contribution in [1.29, 1.82) is 0 Å². The van der Waals surface area contributed by atoms with Gasteiger partial charge in [-0.2, -0.15) is 0 Å². The molecule has 3 amide bonds. The summed E-state index contributed by atoms with van der Waals surface area (Å²) in [7, 11) is 0. The van der Waals surface area contributed by atoms with E-state index in [9.17, 15) is 9.59 Å². The number of fused-ring (bicyclic) bond motifs is 2. The van der Waals surface area contributed by atoms with Crippen LogP contribution in [0, 0.1) is 6.92 Å². The van der Waals surface area contributed by atoms with Crippen molar-refractivity contribution in [2.75, 3.05) is 10.6 Å². The number of azide groups is 1. The highest BCUT2D eigenvalue weighted by molar-refractivity contribution is 6.29. The second kappa shape index (κ2) is 11.5. The van der Waals surface area contributed by atoms with Crippen LogP contribution in [0.1, 0.15) is 16.1 Å². The molecule has 0 aliphatic rings. The predicted molar refractivity (Wildman–Crippen MR) is 141 cm³/mol. The van der Waals surface area contributed by atoms with Crippen LogP contribution in [0.5, 0.6) is 0 Å². The number of benzene rings is 2. The molecule has 0 aliphatic heterocycles. The number of hydrogen-bond donors (Lipinski definition) is 2. The molecule has 11 nitrogen and oxygen atoms in total. The molecule has 0 spiro atoms. The van der Waals surface area contributed by atoms with Gasteiger partial charge >= 0.3 is 6.03 Å². The van der Waals surface area contributed by atoms with Gasteiger partial charge in [0.15, 0.2) is 0 Å². The highest BCUT2D eigenvalue weighted by atomic mass is 35.5. The lowest BCUT2D eigenvalue weighted by Crippen LogP contribution is -2.21. The van der Waals surface area contributed by atoms with Gasteiger partial charge in [0.2, 0.25) is 11.9 Å². The molecule has 12 heteroatoms. The van der Waals surface area contributed by atoms with Crippen LogP contribution in [0.15, 0.2) is 84.2 Å². The summed E-state index contributed by atoms with van der Waals surface area (Å²) in [5.41, 5.74) is 11.5. The van der Waals surface area contributed by atoms with Crippen molar-refractivity contribution in [3.8, 4) is 0 Å². The Morgan fingerprint density at radius 3 is 2.24 bits per heavy atom. The van der Waals surface area contributed by atoms with Gasteiger partial charge in [-0.1, -0.05) is 23.7 Å². The van der Waals surface area contributed by atoms with Crippen LogP contribution in [0.25, 0.3) is 32.2 Å². The highest BCUT2D eigenvalue weighted by Crippen LogP contribution is 2.17. The Kier molecular flexibility index (Phi) is 7.79. The van der Waals surface area contributed by atoms with E-state index in [4.69, 9.17) is 17.1 Å². The monoisotopic (exact) mass is 511 g/mol. The fourth-order valence-electron chi connectivity index (χ4n) is 3.31. The number of aryl methyl sites for hydroxylation is 1. The SMILES string of the molecule is Cc1cc(Cl)nc(NC(=O)Nc2ccc3ncccc3c2)n1.[N-]=[N+]=NC(=O)c1ccc2ncccc2c1. The largest absolute Gasteiger partial charge is 0.326 e. The Labute approximate surface area is 215 Å². The third-order valence-corrected chi connectivity index (χ3v) is 5.09. The van der Waals surface area contributed by atoms with Crippen LogP contribution in [-0.2, 0) is 0 Å². The molecule has 182 valence electrons. The Bertz CT molecular complexity index is 1650. The third kappa shape index (κ3) is 6.73. The van der Waals surface area contributed by atoms with Crippen molar-refractivity contribution in [1.82, 2.24) is 19.9 Å². The second-order valence-electron chi connectivity index (χ2n) is 7.55. The normalized spacial score (nSPS) is 10.1. The van der Waals surface area contributed by atoms with E-state index in [0.29, 0.717) is 16.9 Å². The van der Waals surface area contributed by atoms with Crippen LogP contribution >= 0.6 is 11.6 Å². The van der Waals surface area contributed by atoms with Crippen LogP contribution < -0.4 is 10.6 Å². The van der Waals surface area contributed by atoms with E-state index in [2.05, 4.69) is 40.6 Å². The third-order valence-electron chi connectivity index (χ3n) is 4.89. The molecule has 0 unspecified atom stereocenters. The van der Waals surface area contributed by atoms with Crippen molar-refractivity contribution >= 4 is 57.0 Å². The first-order chi connectivity index (χ1) is 17.9. The molecular weight excluding hydrogens is 494 g/mol. The van der Waals surface area contributed by atoms with Crippen LogP contribution in [0.3, 0.4) is 0 Å². The number of nitrogens with zero attached hydrogens (tertiary/aromatic N) is 7. The molecule has 0 radical (unpaired) electrons. The number of amides is 3. The lowest BCUT2D eigenvalue weighted by atomic mass is 10.1. The topological polar surface area (TPSA) is 159 Å². The number of aromatic nitrogens is 4. The zero-order valence-electron chi connectivity index (χ0n) is 19.3. The summed E-state index contributed by atoms with van der Waals surface area (Å²) >= 11 is 5.83. The zero-order valence-corrected chi connectivity index (χ0v) is 20.1. The summed E-state index contributed by atoms with van der Waals surface area (Å²) in [4.78, 5) is 42.0. The van der Waals surface area contributed by atoms with Gasteiger partial charge < -0.3 is 5.32 Å². The predicted octanol–water partition coefficient (Wildman–Crippen LogP) is 6.32. The molecule has 0 saturated heterocycles. The second-order valence-corrected chi connectivity index (χ2v) is 7.94. The molecule has 0 fully saturated rings. The van der Waals surface area contributed by atoms with Gasteiger partial charge in [0, 0.05) is 45.0 Å². The number of halogens is 1. The van der Waals surface area contributed by atoms with E-state index in [0.717, 1.165) is 21.8 Å². The zero-order chi connectivity index (χ0) is 26.2. The van der Waals surface area contributed by atoms with E-state index in [1.165, 1.54) is 0 Å². The fourth-order valence-corrected chi connectivity index (χ4v) is 3.55. The lowest BCUT2D eigenvalue weighted by Gasteiger charge is -2.08. The summed E-state index contributed by atoms with van der Waals surface area (Å²) in [5.74, 6) is -0.423. The molecule has 37 heavy (non-hydrogen) atoms. The average molecular weight is 512 g/mol. The van der Waals surface area contributed by atoms with E-state index in [1.807, 2.05) is 30.3 Å². The minimum atomic E-state index is -0.580. The molecule has 2 aromatic carbocycles. The molecule has 0 atom stereocenters. The van der Waals surface area contributed by atoms with Gasteiger partial charge in [0.1, 0.15) is 5.15 Å². The summed E-state index contributed by atoms with van der Waals surface area (Å²) in [6, 6.07) is 19.0. The van der Waals surface area contributed by atoms with Crippen molar-refractivity contribution in [3.63, 3.8) is 0 Å². The van der Waals surface area contributed by atoms with E-state index in [1.54, 1.807) is 55.7 Å². The van der Waals surface area contributed by atoms with Gasteiger partial charge in [0.25, 0.3) is 0 Å². The maximum Gasteiger partial charge on any atom is 0.326 e. The summed E-state index contributed by atoms with van der Waals surface area (Å²) in [6.45, 7) is 1.77. The summed E-state index contributed by atoms with van der Waals surface area (Å²) < 4.78 is 0. The van der Waals surface area contributed by atoms with Crippen LogP contribution in [0.4, 0.5) is 16.4 Å². The maximum atomic E-state index is 12.0. The summed E-state index contributed by atoms with van der Waals surface area (Å²) in [6.07, 6.45) is 3.40. The van der Waals surface area contributed by atoms with Gasteiger partial charge in [-0.05, 0) is 72.2 Å². The van der Waals surface area contributed by atoms with Crippen molar-refractivity contribution in [2.24, 2.45) is 5.11 Å². The standard InChI is InChI=1S/C15H12ClN5O.C10H6N4O/c1-9-7-13(16)20-14(18-9)21-15(22)19-11-4-5-12-10(8-11)3-2-6-17-12;11-14-13-10(15)8-3-4-9-7(6-8)2-1-5-12-9/h2-8H,1H3,(H2,18,19,20,21,22);1-6H. The Morgan fingerprint density at radius 2 is 1.57 bits per heavy atom. The number of hydrogen-bond acceptors (Lipinski definition) is 6. The number of pyridine rings is 2. The Hall–Kier alpha value is -5.12. The van der Waals surface area contributed by atoms with Crippen LogP contribution in [0.2, 0.25) is 5.15 Å². The first kappa shape index (κ1) is 25.0. The molecular formula is C25H18ClN9O2. The molecule has 0 aliphatic carbocycles. The first-order valence-electron chi connectivity index (χ1n) is 10.8. The molecule has 2 N–H and O–H groups in total. The molecule has 5 aromatic rings.